The molecule has 0 saturated carbocycles. The molecule has 0 amide bonds. The Hall–Kier alpha value is -2.02. The van der Waals surface area contributed by atoms with Gasteiger partial charge < -0.3 is 9.47 Å². The van der Waals surface area contributed by atoms with Gasteiger partial charge in [0.2, 0.25) is 0 Å². The van der Waals surface area contributed by atoms with E-state index in [0.717, 1.165) is 11.3 Å². The van der Waals surface area contributed by atoms with E-state index in [2.05, 4.69) is 5.10 Å². The molecule has 0 aliphatic carbocycles. The Morgan fingerprint density at radius 1 is 1.17 bits per heavy atom. The summed E-state index contributed by atoms with van der Waals surface area (Å²) in [6.07, 6.45) is 0. The van der Waals surface area contributed by atoms with Crippen LogP contribution in [-0.4, -0.2) is 40.5 Å². The molecule has 0 aromatic carbocycles. The molecule has 0 atom stereocenters. The van der Waals surface area contributed by atoms with Gasteiger partial charge in [-0.1, -0.05) is 11.8 Å². The van der Waals surface area contributed by atoms with Crippen LogP contribution in [0.25, 0.3) is 5.52 Å². The number of thioether (sulfide) groups is 1. The van der Waals surface area contributed by atoms with Crippen molar-refractivity contribution in [3.63, 3.8) is 0 Å². The van der Waals surface area contributed by atoms with E-state index in [4.69, 9.17) is 9.47 Å². The summed E-state index contributed by atoms with van der Waals surface area (Å²) in [6.45, 7) is 7.99. The largest absolute Gasteiger partial charge is 0.465 e. The number of rotatable bonds is 6. The van der Waals surface area contributed by atoms with E-state index in [-0.39, 0.29) is 18.3 Å². The highest BCUT2D eigenvalue weighted by molar-refractivity contribution is 8.00. The molecule has 0 aliphatic heterocycles. The Balaban J connectivity index is 2.45. The molecule has 2 aromatic heterocycles. The Labute approximate surface area is 139 Å². The zero-order chi connectivity index (χ0) is 17.0. The van der Waals surface area contributed by atoms with E-state index in [1.807, 2.05) is 26.0 Å². The number of ether oxygens (including phenoxy) is 2. The smallest absolute Gasteiger partial charge is 0.343 e. The Morgan fingerprint density at radius 2 is 1.87 bits per heavy atom. The molecule has 0 saturated heterocycles. The Kier molecular flexibility index (Phi) is 5.65. The van der Waals surface area contributed by atoms with Crippen LogP contribution in [0.4, 0.5) is 0 Å². The van der Waals surface area contributed by atoms with E-state index in [1.165, 1.54) is 11.8 Å². The number of carbonyl (C=O) groups excluding carboxylic acids is 2. The van der Waals surface area contributed by atoms with Gasteiger partial charge in [0.05, 0.1) is 24.5 Å². The van der Waals surface area contributed by atoms with Gasteiger partial charge in [-0.2, -0.15) is 5.10 Å². The van der Waals surface area contributed by atoms with Gasteiger partial charge in [-0.05, 0) is 45.4 Å². The number of hydrogen-bond acceptors (Lipinski definition) is 6. The van der Waals surface area contributed by atoms with Crippen LogP contribution >= 0.6 is 11.8 Å². The molecule has 0 aliphatic rings. The van der Waals surface area contributed by atoms with Crippen molar-refractivity contribution in [2.75, 3.05) is 19.0 Å². The summed E-state index contributed by atoms with van der Waals surface area (Å²) in [7, 11) is 0. The van der Waals surface area contributed by atoms with Gasteiger partial charge in [-0.15, -0.1) is 0 Å². The van der Waals surface area contributed by atoms with Gasteiger partial charge >= 0.3 is 11.9 Å². The second kappa shape index (κ2) is 7.50. The number of hydrogen-bond donors (Lipinski definition) is 0. The molecule has 6 nitrogen and oxygen atoms in total. The highest BCUT2D eigenvalue weighted by Crippen LogP contribution is 2.28. The third-order valence-electron chi connectivity index (χ3n) is 3.14. The maximum atomic E-state index is 12.3. The summed E-state index contributed by atoms with van der Waals surface area (Å²) in [4.78, 5) is 23.9. The van der Waals surface area contributed by atoms with E-state index < -0.39 is 5.97 Å². The molecule has 0 radical (unpaired) electrons. The number of esters is 2. The molecule has 2 heterocycles. The lowest BCUT2D eigenvalue weighted by molar-refractivity contribution is -0.139. The van der Waals surface area contributed by atoms with Crippen molar-refractivity contribution in [2.24, 2.45) is 0 Å². The molecular weight excluding hydrogens is 316 g/mol. The minimum Gasteiger partial charge on any atom is -0.465 e. The SMILES string of the molecule is CCOC(=O)CSc1nn2c(C)cc(C)cc2c1C(=O)OCC. The predicted octanol–water partition coefficient (Wildman–Crippen LogP) is 2.78. The summed E-state index contributed by atoms with van der Waals surface area (Å²) >= 11 is 1.18. The molecule has 2 rings (SSSR count). The molecule has 124 valence electrons. The van der Waals surface area contributed by atoms with E-state index in [0.29, 0.717) is 22.7 Å². The summed E-state index contributed by atoms with van der Waals surface area (Å²) < 4.78 is 11.8. The fraction of sp³-hybridized carbons (Fsp3) is 0.438. The molecule has 0 bridgehead atoms. The summed E-state index contributed by atoms with van der Waals surface area (Å²) in [5.41, 5.74) is 3.02. The zero-order valence-electron chi connectivity index (χ0n) is 13.7. The van der Waals surface area contributed by atoms with Crippen LogP contribution in [0.1, 0.15) is 35.5 Å². The van der Waals surface area contributed by atoms with Crippen LogP contribution < -0.4 is 0 Å². The minimum absolute atomic E-state index is 0.0994. The van der Waals surface area contributed by atoms with Crippen molar-refractivity contribution in [3.8, 4) is 0 Å². The molecule has 0 fully saturated rings. The molecule has 0 N–H and O–H groups in total. The monoisotopic (exact) mass is 336 g/mol. The van der Waals surface area contributed by atoms with E-state index in [1.54, 1.807) is 18.4 Å². The lowest BCUT2D eigenvalue weighted by Gasteiger charge is -2.04. The van der Waals surface area contributed by atoms with Crippen LogP contribution in [0, 0.1) is 13.8 Å². The first kappa shape index (κ1) is 17.3. The standard InChI is InChI=1S/C16H20N2O4S/c1-5-21-13(19)9-23-15-14(16(20)22-6-2)12-8-10(3)7-11(4)18(12)17-15/h7-8H,5-6,9H2,1-4H3. The highest BCUT2D eigenvalue weighted by Gasteiger charge is 2.23. The molecule has 0 unspecified atom stereocenters. The van der Waals surface area contributed by atoms with Crippen LogP contribution in [0.2, 0.25) is 0 Å². The minimum atomic E-state index is -0.432. The lowest BCUT2D eigenvalue weighted by Crippen LogP contribution is -2.08. The fourth-order valence-electron chi connectivity index (χ4n) is 2.29. The van der Waals surface area contributed by atoms with Gasteiger partial charge in [-0.25, -0.2) is 9.31 Å². The lowest BCUT2D eigenvalue weighted by atomic mass is 10.2. The van der Waals surface area contributed by atoms with Gasteiger partial charge in [-0.3, -0.25) is 4.79 Å². The molecule has 2 aromatic rings. The van der Waals surface area contributed by atoms with Crippen molar-refractivity contribution in [3.05, 3.63) is 29.0 Å². The third kappa shape index (κ3) is 3.85. The Morgan fingerprint density at radius 3 is 2.52 bits per heavy atom. The van der Waals surface area contributed by atoms with Gasteiger partial charge in [0.1, 0.15) is 10.6 Å². The van der Waals surface area contributed by atoms with E-state index >= 15 is 0 Å². The number of carbonyl (C=O) groups is 2. The number of fused-ring (bicyclic) bond motifs is 1. The molecule has 0 spiro atoms. The van der Waals surface area contributed by atoms with Crippen LogP contribution in [0.3, 0.4) is 0 Å². The van der Waals surface area contributed by atoms with E-state index in [9.17, 15) is 9.59 Å². The number of nitrogens with zero attached hydrogens (tertiary/aromatic N) is 2. The topological polar surface area (TPSA) is 69.9 Å². The van der Waals surface area contributed by atoms with Crippen molar-refractivity contribution in [1.29, 1.82) is 0 Å². The third-order valence-corrected chi connectivity index (χ3v) is 4.07. The molecule has 7 heteroatoms. The average Bonchev–Trinajstić information content (AvgIpc) is 2.84. The first-order valence-electron chi connectivity index (χ1n) is 7.43. The number of aromatic nitrogens is 2. The van der Waals surface area contributed by atoms with Crippen molar-refractivity contribution < 1.29 is 19.1 Å². The molecular formula is C16H20N2O4S. The summed E-state index contributed by atoms with van der Waals surface area (Å²) in [5.74, 6) is -0.668. The first-order valence-corrected chi connectivity index (χ1v) is 8.42. The zero-order valence-corrected chi connectivity index (χ0v) is 14.5. The first-order chi connectivity index (χ1) is 11.0. The maximum absolute atomic E-state index is 12.3. The quantitative estimate of drug-likeness (QED) is 0.597. The number of pyridine rings is 1. The van der Waals surface area contributed by atoms with Crippen molar-refractivity contribution in [1.82, 2.24) is 9.61 Å². The van der Waals surface area contributed by atoms with Crippen molar-refractivity contribution in [2.45, 2.75) is 32.7 Å². The summed E-state index contributed by atoms with van der Waals surface area (Å²) in [6, 6.07) is 3.87. The van der Waals surface area contributed by atoms with Crippen LogP contribution in [-0.2, 0) is 14.3 Å². The number of aryl methyl sites for hydroxylation is 2. The highest BCUT2D eigenvalue weighted by atomic mass is 32.2. The maximum Gasteiger partial charge on any atom is 0.343 e. The fourth-order valence-corrected chi connectivity index (χ4v) is 3.10. The molecule has 23 heavy (non-hydrogen) atoms. The van der Waals surface area contributed by atoms with Gasteiger partial charge in [0.15, 0.2) is 0 Å². The Bertz CT molecular complexity index is 739. The van der Waals surface area contributed by atoms with Crippen LogP contribution in [0.5, 0.6) is 0 Å². The van der Waals surface area contributed by atoms with Crippen molar-refractivity contribution >= 4 is 29.2 Å². The van der Waals surface area contributed by atoms with Gasteiger partial charge in [0.25, 0.3) is 0 Å². The summed E-state index contributed by atoms with van der Waals surface area (Å²) in [5, 5.41) is 4.94. The average molecular weight is 336 g/mol. The second-order valence-electron chi connectivity index (χ2n) is 4.97. The predicted molar refractivity (Wildman–Crippen MR) is 88.0 cm³/mol. The van der Waals surface area contributed by atoms with Crippen LogP contribution in [0.15, 0.2) is 17.2 Å². The second-order valence-corrected chi connectivity index (χ2v) is 5.93. The normalized spacial score (nSPS) is 10.8. The van der Waals surface area contributed by atoms with Gasteiger partial charge in [0, 0.05) is 5.69 Å².